The molecule has 0 aliphatic rings. The van der Waals surface area contributed by atoms with Crippen molar-refractivity contribution in [2.24, 2.45) is 0 Å². The Morgan fingerprint density at radius 3 is 2.57 bits per heavy atom. The second-order valence-corrected chi connectivity index (χ2v) is 4.89. The largest absolute Gasteiger partial charge is 0.507 e. The van der Waals surface area contributed by atoms with Crippen LogP contribution in [0.2, 0.25) is 0 Å². The molecule has 5 heteroatoms. The van der Waals surface area contributed by atoms with E-state index in [-0.39, 0.29) is 17.4 Å². The molecule has 0 bridgehead atoms. The standard InChI is InChI=1S/C16H18N2O3/c1-3-11-4-6-12(7-5-11)10(2)18-16(21)13-9-17-15(20)8-14(13)19/h4-10H,3H2,1-2H3,(H,18,21)(H2,17,19,20). The number of pyridine rings is 1. The predicted octanol–water partition coefficient (Wildman–Crippen LogP) is 2.13. The van der Waals surface area contributed by atoms with Crippen LogP contribution in [0, 0.1) is 0 Å². The van der Waals surface area contributed by atoms with Gasteiger partial charge in [-0.3, -0.25) is 9.59 Å². The summed E-state index contributed by atoms with van der Waals surface area (Å²) in [6, 6.07) is 8.77. The molecule has 110 valence electrons. The fourth-order valence-corrected chi connectivity index (χ4v) is 2.04. The van der Waals surface area contributed by atoms with E-state index in [0.29, 0.717) is 0 Å². The summed E-state index contributed by atoms with van der Waals surface area (Å²) in [7, 11) is 0. The molecule has 0 fully saturated rings. The number of aromatic hydroxyl groups is 1. The number of aromatic amines is 1. The predicted molar refractivity (Wildman–Crippen MR) is 80.4 cm³/mol. The number of nitrogens with one attached hydrogen (secondary N) is 2. The molecule has 0 aliphatic carbocycles. The lowest BCUT2D eigenvalue weighted by atomic mass is 10.0. The summed E-state index contributed by atoms with van der Waals surface area (Å²) in [5.41, 5.74) is 1.80. The Bertz CT molecular complexity index is 689. The SMILES string of the molecule is CCc1ccc(C(C)NC(=O)c2c[nH]c(=O)cc2O)cc1. The van der Waals surface area contributed by atoms with Gasteiger partial charge in [0.1, 0.15) is 5.75 Å². The van der Waals surface area contributed by atoms with Gasteiger partial charge in [-0.05, 0) is 24.5 Å². The van der Waals surface area contributed by atoms with Gasteiger partial charge in [-0.2, -0.15) is 0 Å². The Morgan fingerprint density at radius 2 is 2.00 bits per heavy atom. The van der Waals surface area contributed by atoms with Crippen LogP contribution in [0.25, 0.3) is 0 Å². The first-order chi connectivity index (χ1) is 10.0. The number of hydrogen-bond acceptors (Lipinski definition) is 3. The maximum atomic E-state index is 12.1. The zero-order valence-electron chi connectivity index (χ0n) is 12.0. The number of carbonyl (C=O) groups is 1. The Balaban J connectivity index is 2.12. The molecule has 21 heavy (non-hydrogen) atoms. The fraction of sp³-hybridized carbons (Fsp3) is 0.250. The summed E-state index contributed by atoms with van der Waals surface area (Å²) < 4.78 is 0. The highest BCUT2D eigenvalue weighted by molar-refractivity contribution is 5.96. The molecule has 0 saturated heterocycles. The summed E-state index contributed by atoms with van der Waals surface area (Å²) in [5.74, 6) is -0.763. The van der Waals surface area contributed by atoms with E-state index in [1.54, 1.807) is 0 Å². The second kappa shape index (κ2) is 6.26. The van der Waals surface area contributed by atoms with Crippen molar-refractivity contribution in [3.63, 3.8) is 0 Å². The highest BCUT2D eigenvalue weighted by Gasteiger charge is 2.15. The van der Waals surface area contributed by atoms with E-state index in [2.05, 4.69) is 17.2 Å². The van der Waals surface area contributed by atoms with Crippen LogP contribution in [0.15, 0.2) is 41.3 Å². The third-order valence-corrected chi connectivity index (χ3v) is 3.38. The molecule has 0 radical (unpaired) electrons. The number of carbonyl (C=O) groups excluding carboxylic acids is 1. The van der Waals surface area contributed by atoms with Gasteiger partial charge in [0.25, 0.3) is 11.5 Å². The minimum absolute atomic E-state index is 0.0478. The maximum Gasteiger partial charge on any atom is 0.257 e. The van der Waals surface area contributed by atoms with Gasteiger partial charge in [-0.15, -0.1) is 0 Å². The summed E-state index contributed by atoms with van der Waals surface area (Å²) >= 11 is 0. The van der Waals surface area contributed by atoms with E-state index in [4.69, 9.17) is 0 Å². The number of benzene rings is 1. The molecule has 1 aromatic heterocycles. The number of H-pyrrole nitrogens is 1. The molecular formula is C16H18N2O3. The van der Waals surface area contributed by atoms with E-state index >= 15 is 0 Å². The van der Waals surface area contributed by atoms with Crippen molar-refractivity contribution in [2.75, 3.05) is 0 Å². The maximum absolute atomic E-state index is 12.1. The average molecular weight is 286 g/mol. The van der Waals surface area contributed by atoms with Gasteiger partial charge in [0.2, 0.25) is 0 Å². The van der Waals surface area contributed by atoms with Crippen LogP contribution >= 0.6 is 0 Å². The second-order valence-electron chi connectivity index (χ2n) is 4.89. The van der Waals surface area contributed by atoms with Gasteiger partial charge in [-0.25, -0.2) is 0 Å². The molecule has 0 spiro atoms. The lowest BCUT2D eigenvalue weighted by Crippen LogP contribution is -2.27. The summed E-state index contributed by atoms with van der Waals surface area (Å²) in [6.45, 7) is 3.95. The van der Waals surface area contributed by atoms with Crippen molar-refractivity contribution in [1.82, 2.24) is 10.3 Å². The molecule has 2 aromatic rings. The van der Waals surface area contributed by atoms with Crippen molar-refractivity contribution in [3.05, 3.63) is 63.6 Å². The molecule has 2 rings (SSSR count). The van der Waals surface area contributed by atoms with Crippen molar-refractivity contribution < 1.29 is 9.90 Å². The zero-order valence-corrected chi connectivity index (χ0v) is 12.0. The monoisotopic (exact) mass is 286 g/mol. The first-order valence-electron chi connectivity index (χ1n) is 6.82. The number of hydrogen-bond donors (Lipinski definition) is 3. The van der Waals surface area contributed by atoms with Crippen LogP contribution in [0.5, 0.6) is 5.75 Å². The van der Waals surface area contributed by atoms with Gasteiger partial charge in [0.05, 0.1) is 11.6 Å². The number of aryl methyl sites for hydroxylation is 1. The zero-order chi connectivity index (χ0) is 15.4. The lowest BCUT2D eigenvalue weighted by Gasteiger charge is -2.15. The lowest BCUT2D eigenvalue weighted by molar-refractivity contribution is 0.0937. The highest BCUT2D eigenvalue weighted by atomic mass is 16.3. The Kier molecular flexibility index (Phi) is 4.42. The molecule has 3 N–H and O–H groups in total. The fourth-order valence-electron chi connectivity index (χ4n) is 2.04. The van der Waals surface area contributed by atoms with Crippen molar-refractivity contribution in [2.45, 2.75) is 26.3 Å². The molecule has 0 saturated carbocycles. The molecule has 1 unspecified atom stereocenters. The van der Waals surface area contributed by atoms with Gasteiger partial charge >= 0.3 is 0 Å². The van der Waals surface area contributed by atoms with Crippen molar-refractivity contribution in [3.8, 4) is 5.75 Å². The normalized spacial score (nSPS) is 11.9. The first-order valence-corrected chi connectivity index (χ1v) is 6.82. The van der Waals surface area contributed by atoms with Crippen LogP contribution in [-0.2, 0) is 6.42 Å². The minimum Gasteiger partial charge on any atom is -0.507 e. The number of amides is 1. The average Bonchev–Trinajstić information content (AvgIpc) is 2.47. The van der Waals surface area contributed by atoms with E-state index in [1.807, 2.05) is 31.2 Å². The number of rotatable bonds is 4. The molecule has 1 atom stereocenters. The quantitative estimate of drug-likeness (QED) is 0.805. The van der Waals surface area contributed by atoms with E-state index in [9.17, 15) is 14.7 Å². The third-order valence-electron chi connectivity index (χ3n) is 3.38. The number of aromatic nitrogens is 1. The van der Waals surface area contributed by atoms with E-state index in [0.717, 1.165) is 18.1 Å². The van der Waals surface area contributed by atoms with Gasteiger partial charge < -0.3 is 15.4 Å². The smallest absolute Gasteiger partial charge is 0.257 e. The van der Waals surface area contributed by atoms with E-state index < -0.39 is 11.5 Å². The van der Waals surface area contributed by atoms with Crippen LogP contribution in [0.1, 0.15) is 41.4 Å². The minimum atomic E-state index is -0.452. The summed E-state index contributed by atoms with van der Waals surface area (Å²) in [4.78, 5) is 25.5. The molecule has 1 heterocycles. The molecule has 1 aromatic carbocycles. The molecule has 0 aliphatic heterocycles. The summed E-state index contributed by atoms with van der Waals surface area (Å²) in [5, 5.41) is 12.4. The molecule has 1 amide bonds. The summed E-state index contributed by atoms with van der Waals surface area (Å²) in [6.07, 6.45) is 2.17. The van der Waals surface area contributed by atoms with Crippen molar-refractivity contribution >= 4 is 5.91 Å². The van der Waals surface area contributed by atoms with Crippen LogP contribution in [-0.4, -0.2) is 16.0 Å². The first kappa shape index (κ1) is 14.8. The Labute approximate surface area is 122 Å². The van der Waals surface area contributed by atoms with Crippen molar-refractivity contribution in [1.29, 1.82) is 0 Å². The van der Waals surface area contributed by atoms with Gasteiger partial charge in [0, 0.05) is 12.3 Å². The van der Waals surface area contributed by atoms with E-state index in [1.165, 1.54) is 11.8 Å². The van der Waals surface area contributed by atoms with Crippen LogP contribution in [0.3, 0.4) is 0 Å². The highest BCUT2D eigenvalue weighted by Crippen LogP contribution is 2.17. The Morgan fingerprint density at radius 1 is 1.33 bits per heavy atom. The van der Waals surface area contributed by atoms with Crippen LogP contribution < -0.4 is 10.9 Å². The van der Waals surface area contributed by atoms with Gasteiger partial charge in [-0.1, -0.05) is 31.2 Å². The molecular weight excluding hydrogens is 268 g/mol. The Hall–Kier alpha value is -2.56. The van der Waals surface area contributed by atoms with Gasteiger partial charge in [0.15, 0.2) is 0 Å². The molecule has 5 nitrogen and oxygen atoms in total. The topological polar surface area (TPSA) is 82.2 Å². The van der Waals surface area contributed by atoms with Crippen LogP contribution in [0.4, 0.5) is 0 Å². The third kappa shape index (κ3) is 3.51.